The standard InChI is InChI=1S/C32H41F3N4O3/c1-41-29-20-42-13-10-28(29)37-26-15-25-19-38(11-5-8-22-6-3-2-4-7-22)21-31(25,16-26)30(40)39-12-9-27-23(18-39)14-24(17-36-27)32(33,34)35/h2-4,6-7,14,17,25-26,28-29,37H,5,8-13,15-16,18-21H2,1H3/t25-,26+,28?,29?,31-/m0/s1. The number of pyridine rings is 1. The molecule has 0 bridgehead atoms. The van der Waals surface area contributed by atoms with E-state index in [9.17, 15) is 18.0 Å². The number of nitrogens with zero attached hydrogens (tertiary/aromatic N) is 3. The minimum atomic E-state index is -4.46. The van der Waals surface area contributed by atoms with Crippen molar-refractivity contribution in [2.75, 3.05) is 46.5 Å². The molecule has 1 aliphatic carbocycles. The molecule has 1 saturated carbocycles. The van der Waals surface area contributed by atoms with E-state index < -0.39 is 17.2 Å². The molecule has 5 atom stereocenters. The maximum absolute atomic E-state index is 14.5. The topological polar surface area (TPSA) is 66.9 Å². The quantitative estimate of drug-likeness (QED) is 0.503. The van der Waals surface area contributed by atoms with Crippen LogP contribution < -0.4 is 5.32 Å². The molecule has 42 heavy (non-hydrogen) atoms. The van der Waals surface area contributed by atoms with E-state index in [2.05, 4.69) is 39.5 Å². The average Bonchev–Trinajstić information content (AvgIpc) is 3.50. The summed E-state index contributed by atoms with van der Waals surface area (Å²) >= 11 is 0. The molecule has 228 valence electrons. The second-order valence-electron chi connectivity index (χ2n) is 12.5. The molecule has 1 aromatic carbocycles. The number of amides is 1. The third-order valence-corrected chi connectivity index (χ3v) is 9.86. The molecule has 10 heteroatoms. The van der Waals surface area contributed by atoms with Crippen LogP contribution >= 0.6 is 0 Å². The molecule has 2 unspecified atom stereocenters. The molecule has 6 rings (SSSR count). The van der Waals surface area contributed by atoms with Gasteiger partial charge >= 0.3 is 6.18 Å². The number of ether oxygens (including phenoxy) is 2. The highest BCUT2D eigenvalue weighted by Crippen LogP contribution is 2.51. The van der Waals surface area contributed by atoms with Crippen LogP contribution in [0.3, 0.4) is 0 Å². The van der Waals surface area contributed by atoms with Crippen LogP contribution in [-0.2, 0) is 39.8 Å². The Morgan fingerprint density at radius 1 is 1.26 bits per heavy atom. The number of alkyl halides is 3. The number of fused-ring (bicyclic) bond motifs is 2. The summed E-state index contributed by atoms with van der Waals surface area (Å²) < 4.78 is 51.6. The lowest BCUT2D eigenvalue weighted by atomic mass is 9.78. The SMILES string of the molecule is COC1COCCC1N[C@@H]1C[C@H]2CN(CCCc3ccccc3)C[C@@]2(C(=O)N2CCc3ncc(C(F)(F)F)cc3C2)C1. The monoisotopic (exact) mass is 586 g/mol. The van der Waals surface area contributed by atoms with Crippen molar-refractivity contribution in [3.63, 3.8) is 0 Å². The summed E-state index contributed by atoms with van der Waals surface area (Å²) in [5, 5.41) is 3.82. The van der Waals surface area contributed by atoms with E-state index in [0.29, 0.717) is 44.0 Å². The maximum atomic E-state index is 14.5. The molecule has 1 amide bonds. The lowest BCUT2D eigenvalue weighted by molar-refractivity contribution is -0.144. The first-order chi connectivity index (χ1) is 20.2. The predicted octanol–water partition coefficient (Wildman–Crippen LogP) is 4.09. The van der Waals surface area contributed by atoms with Gasteiger partial charge in [0.15, 0.2) is 0 Å². The number of nitrogens with one attached hydrogen (secondary N) is 1. The second kappa shape index (κ2) is 12.2. The number of rotatable bonds is 8. The number of likely N-dealkylation sites (tertiary alicyclic amines) is 1. The summed E-state index contributed by atoms with van der Waals surface area (Å²) in [4.78, 5) is 22.8. The van der Waals surface area contributed by atoms with Gasteiger partial charge in [-0.3, -0.25) is 9.78 Å². The molecule has 2 aromatic rings. The van der Waals surface area contributed by atoms with Crippen molar-refractivity contribution in [3.8, 4) is 0 Å². The number of hydrogen-bond donors (Lipinski definition) is 1. The van der Waals surface area contributed by atoms with E-state index in [1.165, 1.54) is 11.6 Å². The van der Waals surface area contributed by atoms with Gasteiger partial charge in [0.25, 0.3) is 0 Å². The van der Waals surface area contributed by atoms with Gasteiger partial charge in [-0.1, -0.05) is 30.3 Å². The minimum Gasteiger partial charge on any atom is -0.379 e. The van der Waals surface area contributed by atoms with Crippen molar-refractivity contribution < 1.29 is 27.4 Å². The van der Waals surface area contributed by atoms with Gasteiger partial charge < -0.3 is 24.6 Å². The largest absolute Gasteiger partial charge is 0.417 e. The number of aryl methyl sites for hydroxylation is 1. The third-order valence-electron chi connectivity index (χ3n) is 9.86. The Labute approximate surface area is 245 Å². The Hall–Kier alpha value is -2.53. The molecule has 4 heterocycles. The van der Waals surface area contributed by atoms with Gasteiger partial charge in [0.05, 0.1) is 23.7 Å². The zero-order valence-corrected chi connectivity index (χ0v) is 24.2. The molecule has 1 N–H and O–H groups in total. The maximum Gasteiger partial charge on any atom is 0.417 e. The van der Waals surface area contributed by atoms with Gasteiger partial charge in [-0.2, -0.15) is 13.2 Å². The second-order valence-corrected chi connectivity index (χ2v) is 12.5. The zero-order chi connectivity index (χ0) is 29.3. The van der Waals surface area contributed by atoms with Crippen LogP contribution in [0.25, 0.3) is 0 Å². The molecule has 2 saturated heterocycles. The minimum absolute atomic E-state index is 0.0192. The summed E-state index contributed by atoms with van der Waals surface area (Å²) in [6.07, 6.45) is 1.40. The normalized spacial score (nSPS) is 29.9. The van der Waals surface area contributed by atoms with Crippen LogP contribution in [0.15, 0.2) is 42.6 Å². The van der Waals surface area contributed by atoms with Gasteiger partial charge in [0, 0.05) is 70.3 Å². The van der Waals surface area contributed by atoms with E-state index in [-0.39, 0.29) is 36.6 Å². The summed E-state index contributed by atoms with van der Waals surface area (Å²) in [7, 11) is 1.71. The number of carbonyl (C=O) groups excluding carboxylic acids is 1. The van der Waals surface area contributed by atoms with Gasteiger partial charge in [-0.25, -0.2) is 0 Å². The van der Waals surface area contributed by atoms with Crippen LogP contribution in [0.1, 0.15) is 48.1 Å². The molecule has 3 fully saturated rings. The van der Waals surface area contributed by atoms with Gasteiger partial charge in [0.1, 0.15) is 0 Å². The number of benzene rings is 1. The first kappa shape index (κ1) is 29.5. The molecule has 0 radical (unpaired) electrons. The zero-order valence-electron chi connectivity index (χ0n) is 24.2. The van der Waals surface area contributed by atoms with Gasteiger partial charge in [-0.15, -0.1) is 0 Å². The molecule has 1 aromatic heterocycles. The number of aromatic nitrogens is 1. The number of halogens is 3. The molecule has 0 spiro atoms. The van der Waals surface area contributed by atoms with Crippen LogP contribution in [-0.4, -0.2) is 85.4 Å². The molecule has 4 aliphatic rings. The van der Waals surface area contributed by atoms with Crippen molar-refractivity contribution in [3.05, 3.63) is 65.0 Å². The van der Waals surface area contributed by atoms with E-state index in [1.54, 1.807) is 12.0 Å². The molecule has 3 aliphatic heterocycles. The Morgan fingerprint density at radius 3 is 2.88 bits per heavy atom. The third kappa shape index (κ3) is 6.09. The first-order valence-electron chi connectivity index (χ1n) is 15.2. The van der Waals surface area contributed by atoms with Crippen molar-refractivity contribution in [2.24, 2.45) is 11.3 Å². The highest BCUT2D eigenvalue weighted by atomic mass is 19.4. The van der Waals surface area contributed by atoms with Gasteiger partial charge in [-0.05, 0) is 61.8 Å². The summed E-state index contributed by atoms with van der Waals surface area (Å²) in [6, 6.07) is 12.0. The van der Waals surface area contributed by atoms with E-state index in [0.717, 1.165) is 51.4 Å². The Morgan fingerprint density at radius 2 is 2.10 bits per heavy atom. The Kier molecular flexibility index (Phi) is 8.60. The lowest BCUT2D eigenvalue weighted by Crippen LogP contribution is -2.52. The Balaban J connectivity index is 1.18. The Bertz CT molecular complexity index is 1250. The van der Waals surface area contributed by atoms with E-state index in [4.69, 9.17) is 9.47 Å². The molecule has 7 nitrogen and oxygen atoms in total. The van der Waals surface area contributed by atoms with Crippen LogP contribution in [0.4, 0.5) is 13.2 Å². The van der Waals surface area contributed by atoms with Crippen LogP contribution in [0.2, 0.25) is 0 Å². The van der Waals surface area contributed by atoms with E-state index in [1.807, 2.05) is 6.07 Å². The van der Waals surface area contributed by atoms with Crippen molar-refractivity contribution in [1.29, 1.82) is 0 Å². The van der Waals surface area contributed by atoms with Crippen LogP contribution in [0, 0.1) is 11.3 Å². The fourth-order valence-corrected chi connectivity index (χ4v) is 7.76. The van der Waals surface area contributed by atoms with Crippen LogP contribution in [0.5, 0.6) is 0 Å². The van der Waals surface area contributed by atoms with Crippen molar-refractivity contribution >= 4 is 5.91 Å². The lowest BCUT2D eigenvalue weighted by Gasteiger charge is -2.38. The highest BCUT2D eigenvalue weighted by Gasteiger charge is 2.58. The first-order valence-corrected chi connectivity index (χ1v) is 15.2. The van der Waals surface area contributed by atoms with E-state index >= 15 is 0 Å². The summed E-state index contributed by atoms with van der Waals surface area (Å²) in [5.74, 6) is 0.279. The number of methoxy groups -OCH3 is 1. The average molecular weight is 587 g/mol. The molecular weight excluding hydrogens is 545 g/mol. The summed E-state index contributed by atoms with van der Waals surface area (Å²) in [6.45, 7) is 4.39. The number of carbonyl (C=O) groups is 1. The number of hydrogen-bond acceptors (Lipinski definition) is 6. The van der Waals surface area contributed by atoms with Crippen molar-refractivity contribution in [1.82, 2.24) is 20.1 Å². The fraction of sp³-hybridized carbons (Fsp3) is 0.625. The fourth-order valence-electron chi connectivity index (χ4n) is 7.76. The predicted molar refractivity (Wildman–Crippen MR) is 152 cm³/mol. The summed E-state index contributed by atoms with van der Waals surface area (Å²) in [5.41, 5.74) is 1.17. The highest BCUT2D eigenvalue weighted by molar-refractivity contribution is 5.84. The van der Waals surface area contributed by atoms with Crippen molar-refractivity contribution in [2.45, 2.75) is 69.4 Å². The molecular formula is C32H41F3N4O3. The smallest absolute Gasteiger partial charge is 0.379 e. The van der Waals surface area contributed by atoms with Gasteiger partial charge in [0.2, 0.25) is 5.91 Å².